The molecule has 0 aliphatic carbocycles. The summed E-state index contributed by atoms with van der Waals surface area (Å²) in [5, 5.41) is 11.6. The summed E-state index contributed by atoms with van der Waals surface area (Å²) in [5.41, 5.74) is 0. The first-order chi connectivity index (χ1) is 23.6. The number of carbonyl (C=O) groups is 3. The van der Waals surface area contributed by atoms with Gasteiger partial charge < -0.3 is 28.6 Å². The first kappa shape index (κ1) is 47.1. The molecule has 0 amide bonds. The molecule has 0 heterocycles. The molecule has 0 saturated heterocycles. The zero-order valence-electron chi connectivity index (χ0n) is 32.6. The lowest BCUT2D eigenvalue weighted by atomic mass is 10.0. The Kier molecular flexibility index (Phi) is 31.9. The highest BCUT2D eigenvalue weighted by atomic mass is 16.6. The molecule has 49 heavy (non-hydrogen) atoms. The maximum Gasteiger partial charge on any atom is 0.306 e. The normalized spacial score (nSPS) is 13.1. The average Bonchev–Trinajstić information content (AvgIpc) is 3.05. The highest BCUT2D eigenvalue weighted by molar-refractivity contribution is 5.70. The van der Waals surface area contributed by atoms with Gasteiger partial charge in [-0.3, -0.25) is 9.59 Å². The van der Waals surface area contributed by atoms with Crippen LogP contribution in [0.4, 0.5) is 0 Å². The van der Waals surface area contributed by atoms with Crippen LogP contribution >= 0.6 is 0 Å². The molecule has 288 valence electrons. The molecule has 0 rings (SSSR count). The molecule has 0 N–H and O–H groups in total. The third kappa shape index (κ3) is 31.8. The monoisotopic (exact) mass is 696 g/mol. The quantitative estimate of drug-likeness (QED) is 0.0279. The van der Waals surface area contributed by atoms with Gasteiger partial charge in [0.1, 0.15) is 12.6 Å². The zero-order chi connectivity index (χ0) is 36.4. The Morgan fingerprint density at radius 3 is 1.51 bits per heavy atom. The molecule has 2 unspecified atom stereocenters. The minimum Gasteiger partial charge on any atom is -0.544 e. The highest BCUT2D eigenvalue weighted by Gasteiger charge is 2.25. The number of unbranched alkanes of at least 4 members (excludes halogenated alkanes) is 20. The van der Waals surface area contributed by atoms with E-state index in [1.807, 2.05) is 0 Å². The number of likely N-dealkylation sites (N-methyl/N-ethyl adjacent to an activating group) is 1. The van der Waals surface area contributed by atoms with Gasteiger partial charge in [-0.05, 0) is 38.5 Å². The van der Waals surface area contributed by atoms with Crippen LogP contribution in [-0.4, -0.2) is 75.5 Å². The predicted molar refractivity (Wildman–Crippen MR) is 199 cm³/mol. The van der Waals surface area contributed by atoms with E-state index in [2.05, 4.69) is 26.0 Å². The van der Waals surface area contributed by atoms with Crippen LogP contribution in [0.1, 0.15) is 181 Å². The standard InChI is InChI=1S/C41H77NO7/c1-6-8-10-12-14-16-18-20-22-23-25-27-29-31-39(43)48-36-37(35-47-34-33-38(41(45)46)42(3,4)5)49-40(44)32-30-28-26-24-21-19-17-15-13-11-9-7-2/h15,17,37-38H,6-14,16,18-36H2,1-5H3/b17-15+. The van der Waals surface area contributed by atoms with E-state index >= 15 is 0 Å². The molecule has 0 bridgehead atoms. The van der Waals surface area contributed by atoms with Crippen molar-refractivity contribution >= 4 is 17.9 Å². The maximum atomic E-state index is 12.6. The van der Waals surface area contributed by atoms with Crippen molar-refractivity contribution in [3.8, 4) is 0 Å². The second kappa shape index (κ2) is 33.2. The zero-order valence-corrected chi connectivity index (χ0v) is 32.6. The van der Waals surface area contributed by atoms with Crippen LogP contribution in [-0.2, 0) is 28.6 Å². The Labute approximate surface area is 301 Å². The molecule has 0 fully saturated rings. The number of rotatable bonds is 36. The Bertz CT molecular complexity index is 823. The van der Waals surface area contributed by atoms with Crippen LogP contribution in [0.5, 0.6) is 0 Å². The van der Waals surface area contributed by atoms with E-state index in [9.17, 15) is 19.5 Å². The molecule has 8 nitrogen and oxygen atoms in total. The van der Waals surface area contributed by atoms with Gasteiger partial charge in [0.25, 0.3) is 0 Å². The minimum absolute atomic E-state index is 0.0423. The summed E-state index contributed by atoms with van der Waals surface area (Å²) in [6.07, 6.45) is 32.3. The fraction of sp³-hybridized carbons (Fsp3) is 0.878. The maximum absolute atomic E-state index is 12.6. The van der Waals surface area contributed by atoms with Crippen LogP contribution in [0, 0.1) is 0 Å². The van der Waals surface area contributed by atoms with Gasteiger partial charge in [-0.1, -0.05) is 135 Å². The predicted octanol–water partition coefficient (Wildman–Crippen LogP) is 9.02. The number of hydrogen-bond acceptors (Lipinski definition) is 7. The fourth-order valence-corrected chi connectivity index (χ4v) is 5.95. The van der Waals surface area contributed by atoms with E-state index in [0.717, 1.165) is 51.4 Å². The molecule has 0 aromatic heterocycles. The molecule has 0 aliphatic heterocycles. The second-order valence-electron chi connectivity index (χ2n) is 14.9. The van der Waals surface area contributed by atoms with E-state index in [1.54, 1.807) is 21.1 Å². The summed E-state index contributed by atoms with van der Waals surface area (Å²) in [7, 11) is 5.40. The highest BCUT2D eigenvalue weighted by Crippen LogP contribution is 2.14. The third-order valence-electron chi connectivity index (χ3n) is 9.15. The number of carboxylic acids is 1. The van der Waals surface area contributed by atoms with Gasteiger partial charge >= 0.3 is 11.9 Å². The number of esters is 2. The molecule has 0 aliphatic rings. The van der Waals surface area contributed by atoms with Gasteiger partial charge in [0.15, 0.2) is 6.10 Å². The lowest BCUT2D eigenvalue weighted by Crippen LogP contribution is -2.55. The second-order valence-corrected chi connectivity index (χ2v) is 14.9. The molecular weight excluding hydrogens is 618 g/mol. The van der Waals surface area contributed by atoms with E-state index in [-0.39, 0.29) is 42.7 Å². The number of ether oxygens (including phenoxy) is 3. The van der Waals surface area contributed by atoms with Gasteiger partial charge in [0.05, 0.1) is 40.3 Å². The number of hydrogen-bond donors (Lipinski definition) is 0. The summed E-state index contributed by atoms with van der Waals surface area (Å²) in [5.74, 6) is -1.74. The van der Waals surface area contributed by atoms with E-state index < -0.39 is 18.1 Å². The Morgan fingerprint density at radius 2 is 1.02 bits per heavy atom. The summed E-state index contributed by atoms with van der Waals surface area (Å²) in [4.78, 5) is 36.7. The average molecular weight is 696 g/mol. The summed E-state index contributed by atoms with van der Waals surface area (Å²) in [6, 6.07) is -0.721. The summed E-state index contributed by atoms with van der Waals surface area (Å²) < 4.78 is 17.1. The third-order valence-corrected chi connectivity index (χ3v) is 9.15. The van der Waals surface area contributed by atoms with Crippen molar-refractivity contribution in [1.82, 2.24) is 0 Å². The van der Waals surface area contributed by atoms with Crippen molar-refractivity contribution in [2.75, 3.05) is 41.0 Å². The SMILES string of the molecule is CCCCC/C=C/CCCCCCCC(=O)OC(COCCC(C(=O)[O-])[N+](C)(C)C)COC(=O)CCCCCCCCCCCCCCC. The van der Waals surface area contributed by atoms with Crippen LogP contribution in [0.3, 0.4) is 0 Å². The molecule has 8 heteroatoms. The molecule has 0 radical (unpaired) electrons. The van der Waals surface area contributed by atoms with Crippen molar-refractivity contribution < 1.29 is 38.2 Å². The molecule has 0 spiro atoms. The topological polar surface area (TPSA) is 102 Å². The molecule has 2 atom stereocenters. The first-order valence-electron chi connectivity index (χ1n) is 20.2. The van der Waals surface area contributed by atoms with Crippen molar-refractivity contribution in [2.24, 2.45) is 0 Å². The lowest BCUT2D eigenvalue weighted by molar-refractivity contribution is -0.889. The van der Waals surface area contributed by atoms with E-state index in [0.29, 0.717) is 12.8 Å². The number of nitrogens with zero attached hydrogens (tertiary/aromatic N) is 1. The van der Waals surface area contributed by atoms with Gasteiger partial charge in [-0.2, -0.15) is 0 Å². The van der Waals surface area contributed by atoms with Crippen molar-refractivity contribution in [3.63, 3.8) is 0 Å². The molecule has 0 aromatic rings. The molecular formula is C41H77NO7. The number of carboxylic acid groups (broad SMARTS) is 1. The Hall–Kier alpha value is -1.93. The lowest BCUT2D eigenvalue weighted by Gasteiger charge is -2.34. The number of aliphatic carboxylic acids is 1. The molecule has 0 saturated carbocycles. The first-order valence-corrected chi connectivity index (χ1v) is 20.2. The summed E-state index contributed by atoms with van der Waals surface area (Å²) >= 11 is 0. The Morgan fingerprint density at radius 1 is 0.592 bits per heavy atom. The van der Waals surface area contributed by atoms with Gasteiger partial charge in [0.2, 0.25) is 0 Å². The van der Waals surface area contributed by atoms with Crippen molar-refractivity contribution in [1.29, 1.82) is 0 Å². The largest absolute Gasteiger partial charge is 0.544 e. The van der Waals surface area contributed by atoms with Crippen molar-refractivity contribution in [2.45, 2.75) is 193 Å². The summed E-state index contributed by atoms with van der Waals surface area (Å²) in [6.45, 7) is 4.63. The molecule has 0 aromatic carbocycles. The van der Waals surface area contributed by atoms with Crippen LogP contribution in [0.15, 0.2) is 12.2 Å². The Balaban J connectivity index is 4.39. The number of carbonyl (C=O) groups excluding carboxylic acids is 3. The minimum atomic E-state index is -1.12. The van der Waals surface area contributed by atoms with Crippen LogP contribution in [0.2, 0.25) is 0 Å². The van der Waals surface area contributed by atoms with Gasteiger partial charge in [0, 0.05) is 19.3 Å². The fourth-order valence-electron chi connectivity index (χ4n) is 5.95. The van der Waals surface area contributed by atoms with Crippen LogP contribution in [0.25, 0.3) is 0 Å². The van der Waals surface area contributed by atoms with Crippen molar-refractivity contribution in [3.05, 3.63) is 12.2 Å². The van der Waals surface area contributed by atoms with Crippen LogP contribution < -0.4 is 5.11 Å². The number of quaternary nitrogens is 1. The number of allylic oxidation sites excluding steroid dienone is 2. The smallest absolute Gasteiger partial charge is 0.306 e. The van der Waals surface area contributed by atoms with Gasteiger partial charge in [-0.15, -0.1) is 0 Å². The van der Waals surface area contributed by atoms with E-state index in [4.69, 9.17) is 14.2 Å². The van der Waals surface area contributed by atoms with Gasteiger partial charge in [-0.25, -0.2) is 0 Å². The van der Waals surface area contributed by atoms with E-state index in [1.165, 1.54) is 96.3 Å².